The van der Waals surface area contributed by atoms with Crippen LogP contribution in [0.1, 0.15) is 26.2 Å². The van der Waals surface area contributed by atoms with Crippen molar-refractivity contribution in [3.8, 4) is 0 Å². The first-order chi connectivity index (χ1) is 5.27. The van der Waals surface area contributed by atoms with Gasteiger partial charge in [0.25, 0.3) is 0 Å². The molecule has 2 rings (SSSR count). The zero-order valence-corrected chi connectivity index (χ0v) is 8.39. The van der Waals surface area contributed by atoms with Crippen LogP contribution >= 0.6 is 15.9 Å². The molecule has 0 spiro atoms. The minimum Gasteiger partial charge on any atom is -0.254 e. The molecule has 0 aromatic heterocycles. The van der Waals surface area contributed by atoms with Crippen LogP contribution in [0.4, 0.5) is 0 Å². The van der Waals surface area contributed by atoms with Crippen molar-refractivity contribution < 1.29 is 0 Å². The Bertz CT molecular complexity index is 151. The van der Waals surface area contributed by atoms with E-state index in [0.29, 0.717) is 6.04 Å². The second-order valence-electron chi connectivity index (χ2n) is 3.76. The van der Waals surface area contributed by atoms with Crippen molar-refractivity contribution in [1.29, 1.82) is 0 Å². The van der Waals surface area contributed by atoms with Crippen molar-refractivity contribution in [3.05, 3.63) is 0 Å². The maximum absolute atomic E-state index is 3.70. The molecule has 2 aliphatic rings. The van der Waals surface area contributed by atoms with Gasteiger partial charge in [-0.1, -0.05) is 15.9 Å². The van der Waals surface area contributed by atoms with Crippen LogP contribution in [0.5, 0.6) is 0 Å². The van der Waals surface area contributed by atoms with E-state index in [4.69, 9.17) is 0 Å². The Morgan fingerprint density at radius 2 is 2.09 bits per heavy atom. The van der Waals surface area contributed by atoms with E-state index in [0.717, 1.165) is 16.8 Å². The number of hydrogen-bond acceptors (Lipinski definition) is 2. The molecule has 0 amide bonds. The van der Waals surface area contributed by atoms with Crippen LogP contribution in [0.3, 0.4) is 0 Å². The number of rotatable bonds is 0. The van der Waals surface area contributed by atoms with Gasteiger partial charge in [-0.2, -0.15) is 0 Å². The Morgan fingerprint density at radius 1 is 1.27 bits per heavy atom. The molecule has 3 heteroatoms. The van der Waals surface area contributed by atoms with Crippen molar-refractivity contribution in [1.82, 2.24) is 10.9 Å². The molecule has 0 aromatic rings. The van der Waals surface area contributed by atoms with Crippen LogP contribution < -0.4 is 10.9 Å². The number of hydrogen-bond donors (Lipinski definition) is 2. The van der Waals surface area contributed by atoms with Crippen molar-refractivity contribution in [2.45, 2.75) is 43.1 Å². The molecule has 11 heavy (non-hydrogen) atoms. The maximum atomic E-state index is 3.70. The topological polar surface area (TPSA) is 24.1 Å². The molecule has 2 N–H and O–H groups in total. The highest BCUT2D eigenvalue weighted by atomic mass is 79.9. The molecule has 1 saturated heterocycles. The predicted molar refractivity (Wildman–Crippen MR) is 49.6 cm³/mol. The van der Waals surface area contributed by atoms with Gasteiger partial charge >= 0.3 is 0 Å². The lowest BCUT2D eigenvalue weighted by molar-refractivity contribution is 0.321. The summed E-state index contributed by atoms with van der Waals surface area (Å²) in [5, 5.41) is 0. The molecule has 1 aliphatic heterocycles. The third-order valence-electron chi connectivity index (χ3n) is 2.97. The number of halogens is 1. The van der Waals surface area contributed by atoms with Gasteiger partial charge in [-0.05, 0) is 32.1 Å². The van der Waals surface area contributed by atoms with Gasteiger partial charge in [0.1, 0.15) is 0 Å². The minimum atomic E-state index is 0.653. The zero-order valence-electron chi connectivity index (χ0n) is 6.81. The highest BCUT2D eigenvalue weighted by Gasteiger charge is 2.37. The summed E-state index contributed by atoms with van der Waals surface area (Å²) < 4.78 is 0. The third-order valence-corrected chi connectivity index (χ3v) is 3.81. The van der Waals surface area contributed by atoms with E-state index in [2.05, 4.69) is 33.7 Å². The largest absolute Gasteiger partial charge is 0.254 e. The van der Waals surface area contributed by atoms with Crippen molar-refractivity contribution in [3.63, 3.8) is 0 Å². The van der Waals surface area contributed by atoms with E-state index in [1.807, 2.05) is 0 Å². The minimum absolute atomic E-state index is 0.653. The highest BCUT2D eigenvalue weighted by Crippen LogP contribution is 2.33. The molecule has 4 atom stereocenters. The third kappa shape index (κ3) is 1.46. The van der Waals surface area contributed by atoms with Gasteiger partial charge in [0.2, 0.25) is 0 Å². The molecule has 0 aromatic carbocycles. The average Bonchev–Trinajstić information content (AvgIpc) is 2.33. The van der Waals surface area contributed by atoms with Gasteiger partial charge < -0.3 is 0 Å². The van der Waals surface area contributed by atoms with Crippen LogP contribution in [0, 0.1) is 5.92 Å². The zero-order chi connectivity index (χ0) is 7.84. The Morgan fingerprint density at radius 3 is 2.91 bits per heavy atom. The summed E-state index contributed by atoms with van der Waals surface area (Å²) in [6.45, 7) is 2.27. The fourth-order valence-electron chi connectivity index (χ4n) is 2.23. The molecule has 0 radical (unpaired) electrons. The van der Waals surface area contributed by atoms with Gasteiger partial charge in [0, 0.05) is 16.9 Å². The van der Waals surface area contributed by atoms with E-state index in [9.17, 15) is 0 Å². The molecule has 0 bridgehead atoms. The summed E-state index contributed by atoms with van der Waals surface area (Å²) in [4.78, 5) is 0.757. The van der Waals surface area contributed by atoms with E-state index in [-0.39, 0.29) is 0 Å². The lowest BCUT2D eigenvalue weighted by Crippen LogP contribution is -2.35. The highest BCUT2D eigenvalue weighted by molar-refractivity contribution is 9.09. The van der Waals surface area contributed by atoms with Gasteiger partial charge in [0.15, 0.2) is 0 Å². The average molecular weight is 219 g/mol. The summed E-state index contributed by atoms with van der Waals surface area (Å²) >= 11 is 3.70. The first-order valence-corrected chi connectivity index (χ1v) is 5.34. The van der Waals surface area contributed by atoms with Gasteiger partial charge in [0.05, 0.1) is 0 Å². The summed E-state index contributed by atoms with van der Waals surface area (Å²) in [6, 6.07) is 1.39. The Balaban J connectivity index is 2.01. The second kappa shape index (κ2) is 3.04. The Hall–Kier alpha value is 0.400. The number of alkyl halides is 1. The number of fused-ring (bicyclic) bond motifs is 1. The van der Waals surface area contributed by atoms with E-state index < -0.39 is 0 Å². The van der Waals surface area contributed by atoms with Crippen LogP contribution in [-0.4, -0.2) is 16.9 Å². The van der Waals surface area contributed by atoms with Crippen molar-refractivity contribution in [2.75, 3.05) is 0 Å². The Labute approximate surface area is 76.2 Å². The molecule has 4 unspecified atom stereocenters. The summed E-state index contributed by atoms with van der Waals surface area (Å²) in [5.41, 5.74) is 6.67. The van der Waals surface area contributed by atoms with Gasteiger partial charge in [-0.25, -0.2) is 0 Å². The smallest absolute Gasteiger partial charge is 0.0257 e. The van der Waals surface area contributed by atoms with Crippen molar-refractivity contribution in [2.24, 2.45) is 5.92 Å². The van der Waals surface area contributed by atoms with Gasteiger partial charge in [-0.3, -0.25) is 10.9 Å². The van der Waals surface area contributed by atoms with Crippen LogP contribution in [0.15, 0.2) is 0 Å². The lowest BCUT2D eigenvalue weighted by Gasteiger charge is -2.29. The van der Waals surface area contributed by atoms with Crippen LogP contribution in [-0.2, 0) is 0 Å². The molecule has 2 nitrogen and oxygen atoms in total. The molecule has 1 aliphatic carbocycles. The van der Waals surface area contributed by atoms with Crippen LogP contribution in [0.2, 0.25) is 0 Å². The predicted octanol–water partition coefficient (Wildman–Crippen LogP) is 1.41. The molecule has 1 heterocycles. The fourth-order valence-corrected chi connectivity index (χ4v) is 2.93. The van der Waals surface area contributed by atoms with E-state index >= 15 is 0 Å². The van der Waals surface area contributed by atoms with Crippen LogP contribution in [0.25, 0.3) is 0 Å². The fraction of sp³-hybridized carbons (Fsp3) is 1.00. The second-order valence-corrected chi connectivity index (χ2v) is 5.05. The lowest BCUT2D eigenvalue weighted by atomic mass is 9.82. The SMILES string of the molecule is CC1NNC2CCC(Br)CC12. The molecular weight excluding hydrogens is 204 g/mol. The Kier molecular flexibility index (Phi) is 2.21. The molecule has 1 saturated carbocycles. The number of hydrazine groups is 1. The van der Waals surface area contributed by atoms with Gasteiger partial charge in [-0.15, -0.1) is 0 Å². The molecular formula is C8H15BrN2. The summed E-state index contributed by atoms with van der Waals surface area (Å²) in [6.07, 6.45) is 3.96. The standard InChI is InChI=1S/C8H15BrN2/c1-5-7-4-6(9)2-3-8(7)11-10-5/h5-8,10-11H,2-4H2,1H3. The first kappa shape index (κ1) is 8.02. The van der Waals surface area contributed by atoms with E-state index in [1.165, 1.54) is 19.3 Å². The first-order valence-electron chi connectivity index (χ1n) is 4.42. The molecule has 2 fully saturated rings. The maximum Gasteiger partial charge on any atom is 0.0257 e. The van der Waals surface area contributed by atoms with Crippen molar-refractivity contribution >= 4 is 15.9 Å². The molecule has 64 valence electrons. The monoisotopic (exact) mass is 218 g/mol. The summed E-state index contributed by atoms with van der Waals surface area (Å²) in [5.74, 6) is 0.841. The summed E-state index contributed by atoms with van der Waals surface area (Å²) in [7, 11) is 0. The van der Waals surface area contributed by atoms with E-state index in [1.54, 1.807) is 0 Å². The normalized spacial score (nSPS) is 50.7. The number of nitrogens with one attached hydrogen (secondary N) is 2. The quantitative estimate of drug-likeness (QED) is 0.602.